The molecular weight excluding hydrogens is 265 g/mol. The summed E-state index contributed by atoms with van der Waals surface area (Å²) in [5.41, 5.74) is 1.65. The fourth-order valence-corrected chi connectivity index (χ4v) is 2.93. The van der Waals surface area contributed by atoms with Crippen molar-refractivity contribution in [3.63, 3.8) is 0 Å². The van der Waals surface area contributed by atoms with Crippen LogP contribution in [0.2, 0.25) is 10.2 Å². The molecule has 0 radical (unpaired) electrons. The Labute approximate surface area is 110 Å². The molecule has 0 amide bonds. The summed E-state index contributed by atoms with van der Waals surface area (Å²) >= 11 is 13.7. The maximum Gasteiger partial charge on any atom is 0.134 e. The molecule has 90 valence electrons. The van der Waals surface area contributed by atoms with Crippen molar-refractivity contribution >= 4 is 35.0 Å². The third kappa shape index (κ3) is 3.81. The predicted molar refractivity (Wildman–Crippen MR) is 71.4 cm³/mol. The lowest BCUT2D eigenvalue weighted by atomic mass is 10.3. The molecule has 0 aliphatic heterocycles. The minimum atomic E-state index is -0.346. The van der Waals surface area contributed by atoms with Crippen LogP contribution < -0.4 is 0 Å². The van der Waals surface area contributed by atoms with E-state index in [2.05, 4.69) is 4.98 Å². The van der Waals surface area contributed by atoms with Crippen molar-refractivity contribution in [3.8, 4) is 0 Å². The second kappa shape index (κ2) is 6.10. The molecule has 5 heteroatoms. The highest BCUT2D eigenvalue weighted by molar-refractivity contribution is 7.99. The first-order valence-electron chi connectivity index (χ1n) is 5.03. The molecule has 1 rings (SSSR count). The number of aliphatic hydroxyl groups excluding tert-OH is 1. The normalized spacial score (nSPS) is 14.9. The van der Waals surface area contributed by atoms with Crippen molar-refractivity contribution in [2.24, 2.45) is 0 Å². The van der Waals surface area contributed by atoms with Crippen LogP contribution in [0.15, 0.2) is 6.07 Å². The highest BCUT2D eigenvalue weighted by atomic mass is 35.5. The van der Waals surface area contributed by atoms with Crippen molar-refractivity contribution < 1.29 is 5.11 Å². The summed E-state index contributed by atoms with van der Waals surface area (Å²) in [6, 6.07) is 1.80. The van der Waals surface area contributed by atoms with E-state index in [-0.39, 0.29) is 11.4 Å². The molecular formula is C11H15Cl2NOS. The zero-order chi connectivity index (χ0) is 12.3. The molecule has 2 nitrogen and oxygen atoms in total. The van der Waals surface area contributed by atoms with Gasteiger partial charge in [0.05, 0.1) is 6.10 Å². The van der Waals surface area contributed by atoms with Crippen molar-refractivity contribution in [2.75, 3.05) is 0 Å². The van der Waals surface area contributed by atoms with Gasteiger partial charge in [-0.15, -0.1) is 0 Å². The van der Waals surface area contributed by atoms with Crippen molar-refractivity contribution in [2.45, 2.75) is 37.9 Å². The summed E-state index contributed by atoms with van der Waals surface area (Å²) < 4.78 is 0. The third-order valence-corrected chi connectivity index (χ3v) is 4.34. The molecule has 0 spiro atoms. The predicted octanol–water partition coefficient (Wildman–Crippen LogP) is 3.70. The van der Waals surface area contributed by atoms with Crippen molar-refractivity contribution in [1.82, 2.24) is 4.98 Å². The van der Waals surface area contributed by atoms with Crippen LogP contribution in [0.25, 0.3) is 0 Å². The smallest absolute Gasteiger partial charge is 0.134 e. The number of hydrogen-bond donors (Lipinski definition) is 1. The molecule has 2 atom stereocenters. The number of pyridine rings is 1. The zero-order valence-corrected chi connectivity index (χ0v) is 11.8. The van der Waals surface area contributed by atoms with Crippen LogP contribution in [0.1, 0.15) is 25.1 Å². The lowest BCUT2D eigenvalue weighted by molar-refractivity contribution is 0.196. The first kappa shape index (κ1) is 14.1. The lowest BCUT2D eigenvalue weighted by Crippen LogP contribution is -2.15. The molecule has 0 aliphatic rings. The molecule has 1 N–H and O–H groups in total. The molecule has 0 fully saturated rings. The average molecular weight is 280 g/mol. The molecule has 0 aliphatic carbocycles. The van der Waals surface area contributed by atoms with Gasteiger partial charge in [0.15, 0.2) is 0 Å². The van der Waals surface area contributed by atoms with E-state index >= 15 is 0 Å². The monoisotopic (exact) mass is 279 g/mol. The molecule has 1 heterocycles. The number of nitrogens with zero attached hydrogens (tertiary/aromatic N) is 1. The summed E-state index contributed by atoms with van der Waals surface area (Å²) in [6.07, 6.45) is -0.346. The van der Waals surface area contributed by atoms with Crippen LogP contribution in [0.3, 0.4) is 0 Å². The topological polar surface area (TPSA) is 33.1 Å². The molecule has 2 unspecified atom stereocenters. The molecule has 16 heavy (non-hydrogen) atoms. The second-order valence-corrected chi connectivity index (χ2v) is 5.90. The van der Waals surface area contributed by atoms with Gasteiger partial charge in [-0.1, -0.05) is 30.1 Å². The van der Waals surface area contributed by atoms with Gasteiger partial charge in [-0.25, -0.2) is 4.98 Å². The number of halogens is 2. The molecule has 0 saturated heterocycles. The fourth-order valence-electron chi connectivity index (χ4n) is 1.11. The Bertz CT molecular complexity index is 348. The van der Waals surface area contributed by atoms with Gasteiger partial charge in [-0.05, 0) is 19.9 Å². The van der Waals surface area contributed by atoms with E-state index in [0.29, 0.717) is 15.9 Å². The van der Waals surface area contributed by atoms with Gasteiger partial charge < -0.3 is 5.11 Å². The average Bonchev–Trinajstić information content (AvgIpc) is 2.15. The zero-order valence-electron chi connectivity index (χ0n) is 9.50. The van der Waals surface area contributed by atoms with Crippen LogP contribution in [0, 0.1) is 6.92 Å². The van der Waals surface area contributed by atoms with Gasteiger partial charge >= 0.3 is 0 Å². The SMILES string of the molecule is Cc1cc(Cl)c(CSC(C)C(C)O)c(Cl)n1. The fraction of sp³-hybridized carbons (Fsp3) is 0.545. The Hall–Kier alpha value is 0.0400. The largest absolute Gasteiger partial charge is 0.392 e. The lowest BCUT2D eigenvalue weighted by Gasteiger charge is -2.15. The van der Waals surface area contributed by atoms with E-state index < -0.39 is 0 Å². The quantitative estimate of drug-likeness (QED) is 0.854. The second-order valence-electron chi connectivity index (χ2n) is 3.77. The summed E-state index contributed by atoms with van der Waals surface area (Å²) in [7, 11) is 0. The Balaban J connectivity index is 2.74. The van der Waals surface area contributed by atoms with E-state index in [4.69, 9.17) is 23.2 Å². The van der Waals surface area contributed by atoms with Crippen LogP contribution in [-0.2, 0) is 5.75 Å². The number of rotatable bonds is 4. The van der Waals surface area contributed by atoms with Crippen molar-refractivity contribution in [1.29, 1.82) is 0 Å². The van der Waals surface area contributed by atoms with Crippen LogP contribution in [-0.4, -0.2) is 21.4 Å². The van der Waals surface area contributed by atoms with E-state index in [1.54, 1.807) is 24.8 Å². The van der Waals surface area contributed by atoms with Crippen LogP contribution in [0.4, 0.5) is 0 Å². The summed E-state index contributed by atoms with van der Waals surface area (Å²) in [5, 5.41) is 10.6. The molecule has 0 bridgehead atoms. The minimum absolute atomic E-state index is 0.147. The Kier molecular flexibility index (Phi) is 5.38. The van der Waals surface area contributed by atoms with Gasteiger partial charge in [-0.2, -0.15) is 11.8 Å². The highest BCUT2D eigenvalue weighted by Crippen LogP contribution is 2.29. The number of aryl methyl sites for hydroxylation is 1. The van der Waals surface area contributed by atoms with E-state index in [9.17, 15) is 5.11 Å². The summed E-state index contributed by atoms with van der Waals surface area (Å²) in [4.78, 5) is 4.16. The van der Waals surface area contributed by atoms with Gasteiger partial charge in [-0.3, -0.25) is 0 Å². The molecule has 0 aromatic carbocycles. The first-order chi connectivity index (χ1) is 7.41. The van der Waals surface area contributed by atoms with Crippen LogP contribution in [0.5, 0.6) is 0 Å². The Morgan fingerprint density at radius 3 is 2.56 bits per heavy atom. The number of hydrogen-bond acceptors (Lipinski definition) is 3. The van der Waals surface area contributed by atoms with E-state index in [0.717, 1.165) is 11.3 Å². The van der Waals surface area contributed by atoms with Gasteiger partial charge in [0.25, 0.3) is 0 Å². The van der Waals surface area contributed by atoms with Gasteiger partial charge in [0.1, 0.15) is 5.15 Å². The Morgan fingerprint density at radius 2 is 2.06 bits per heavy atom. The summed E-state index contributed by atoms with van der Waals surface area (Å²) in [6.45, 7) is 5.60. The third-order valence-electron chi connectivity index (χ3n) is 2.32. The standard InChI is InChI=1S/C11H15Cl2NOS/c1-6-4-10(12)9(11(13)14-6)5-16-8(3)7(2)15/h4,7-8,15H,5H2,1-3H3. The van der Waals surface area contributed by atoms with Crippen molar-refractivity contribution in [3.05, 3.63) is 27.5 Å². The van der Waals surface area contributed by atoms with Gasteiger partial charge in [0, 0.05) is 27.3 Å². The highest BCUT2D eigenvalue weighted by Gasteiger charge is 2.13. The Morgan fingerprint density at radius 1 is 1.44 bits per heavy atom. The molecule has 1 aromatic heterocycles. The maximum absolute atomic E-state index is 9.38. The first-order valence-corrected chi connectivity index (χ1v) is 6.83. The number of thioether (sulfide) groups is 1. The molecule has 1 aromatic rings. The van der Waals surface area contributed by atoms with Gasteiger partial charge in [0.2, 0.25) is 0 Å². The minimum Gasteiger partial charge on any atom is -0.392 e. The van der Waals surface area contributed by atoms with E-state index in [1.807, 2.05) is 13.8 Å². The number of aromatic nitrogens is 1. The molecule has 0 saturated carbocycles. The van der Waals surface area contributed by atoms with Crippen LogP contribution >= 0.6 is 35.0 Å². The van der Waals surface area contributed by atoms with E-state index in [1.165, 1.54) is 0 Å². The number of aliphatic hydroxyl groups is 1. The maximum atomic E-state index is 9.38. The summed E-state index contributed by atoms with van der Waals surface area (Å²) in [5.74, 6) is 0.664.